The Kier molecular flexibility index (Phi) is 12.7. The summed E-state index contributed by atoms with van der Waals surface area (Å²) in [6, 6.07) is 4.80. The van der Waals surface area contributed by atoms with Crippen LogP contribution in [0.25, 0.3) is 0 Å². The number of aliphatic hydroxyl groups excluding tert-OH is 1. The van der Waals surface area contributed by atoms with Gasteiger partial charge in [-0.2, -0.15) is 0 Å². The van der Waals surface area contributed by atoms with Gasteiger partial charge in [0, 0.05) is 18.5 Å². The lowest BCUT2D eigenvalue weighted by molar-refractivity contribution is -0.892. The molecule has 0 aliphatic carbocycles. The molecule has 1 rings (SSSR count). The van der Waals surface area contributed by atoms with Crippen molar-refractivity contribution in [2.75, 3.05) is 52.3 Å². The predicted octanol–water partition coefficient (Wildman–Crippen LogP) is 1.55. The van der Waals surface area contributed by atoms with E-state index in [4.69, 9.17) is 4.74 Å². The van der Waals surface area contributed by atoms with Crippen LogP contribution in [-0.4, -0.2) is 85.3 Å². The normalized spacial score (nSPS) is 11.9. The molecule has 0 spiro atoms. The first-order chi connectivity index (χ1) is 16.4. The molecule has 2 amide bonds. The zero-order chi connectivity index (χ0) is 26.4. The van der Waals surface area contributed by atoms with Crippen molar-refractivity contribution in [2.45, 2.75) is 45.6 Å². The zero-order valence-corrected chi connectivity index (χ0v) is 20.9. The first kappa shape index (κ1) is 29.8. The van der Waals surface area contributed by atoms with Crippen LogP contribution >= 0.6 is 0 Å². The van der Waals surface area contributed by atoms with Crippen LogP contribution in [0.15, 0.2) is 18.2 Å². The molecule has 12 nitrogen and oxygen atoms in total. The Bertz CT molecular complexity index is 875. The molecule has 0 bridgehead atoms. The van der Waals surface area contributed by atoms with E-state index >= 15 is 0 Å². The Hall–Kier alpha value is -3.25. The second-order valence-corrected chi connectivity index (χ2v) is 8.88. The molecule has 0 saturated heterocycles. The van der Waals surface area contributed by atoms with Crippen LogP contribution in [-0.2, 0) is 14.4 Å². The number of Topliss-reactive ketones (excluding diaryl/α,β-unsaturated/α-hetero) is 1. The van der Waals surface area contributed by atoms with Gasteiger partial charge in [0.25, 0.3) is 5.09 Å². The maximum Gasteiger partial charge on any atom is 0.294 e. The number of likely N-dealkylation sites (N-methyl/N-ethyl adjacent to an activating group) is 1. The van der Waals surface area contributed by atoms with Gasteiger partial charge >= 0.3 is 0 Å². The topological polar surface area (TPSA) is 157 Å². The summed E-state index contributed by atoms with van der Waals surface area (Å²) in [7, 11) is 3.80. The predicted molar refractivity (Wildman–Crippen MR) is 129 cm³/mol. The van der Waals surface area contributed by atoms with Gasteiger partial charge < -0.3 is 29.8 Å². The summed E-state index contributed by atoms with van der Waals surface area (Å²) in [4.78, 5) is 49.9. The van der Waals surface area contributed by atoms with E-state index in [0.29, 0.717) is 54.0 Å². The number of benzene rings is 1. The Morgan fingerprint density at radius 3 is 2.54 bits per heavy atom. The highest BCUT2D eigenvalue weighted by Gasteiger charge is 2.22. The highest BCUT2D eigenvalue weighted by atomic mass is 16.9. The molecule has 3 N–H and O–H groups in total. The average Bonchev–Trinajstić information content (AvgIpc) is 2.75. The summed E-state index contributed by atoms with van der Waals surface area (Å²) in [5.41, 5.74) is 0.818. The van der Waals surface area contributed by atoms with E-state index in [1.54, 1.807) is 18.2 Å². The number of ketones is 1. The van der Waals surface area contributed by atoms with E-state index < -0.39 is 11.2 Å². The van der Waals surface area contributed by atoms with Gasteiger partial charge in [-0.05, 0) is 38.0 Å². The SMILES string of the molecule is CCCC(=O)Nc1ccc(OCC(O)C[N+](C)(C)CCNC(=O)CCCO[N+](=O)[O-])c(C(C)=O)c1. The fourth-order valence-corrected chi connectivity index (χ4v) is 3.32. The zero-order valence-electron chi connectivity index (χ0n) is 20.9. The number of nitrogens with one attached hydrogen (secondary N) is 2. The fourth-order valence-electron chi connectivity index (χ4n) is 3.32. The summed E-state index contributed by atoms with van der Waals surface area (Å²) >= 11 is 0. The second-order valence-electron chi connectivity index (χ2n) is 8.88. The molecule has 1 aromatic carbocycles. The van der Waals surface area contributed by atoms with Gasteiger partial charge in [0.15, 0.2) is 5.78 Å². The van der Waals surface area contributed by atoms with Crippen LogP contribution in [0.3, 0.4) is 0 Å². The maximum absolute atomic E-state index is 12.1. The molecule has 0 radical (unpaired) electrons. The highest BCUT2D eigenvalue weighted by Crippen LogP contribution is 2.24. The Balaban J connectivity index is 2.50. The minimum atomic E-state index is -0.892. The second kappa shape index (κ2) is 14.9. The van der Waals surface area contributed by atoms with Crippen molar-refractivity contribution in [3.8, 4) is 5.75 Å². The van der Waals surface area contributed by atoms with Crippen LogP contribution < -0.4 is 15.4 Å². The molecule has 0 aliphatic rings. The van der Waals surface area contributed by atoms with Crippen molar-refractivity contribution in [3.05, 3.63) is 33.9 Å². The Morgan fingerprint density at radius 1 is 1.20 bits per heavy atom. The Morgan fingerprint density at radius 2 is 1.91 bits per heavy atom. The number of quaternary nitrogens is 1. The lowest BCUT2D eigenvalue weighted by atomic mass is 10.1. The van der Waals surface area contributed by atoms with Crippen molar-refractivity contribution in [2.24, 2.45) is 0 Å². The van der Waals surface area contributed by atoms with E-state index in [9.17, 15) is 29.6 Å². The quantitative estimate of drug-likeness (QED) is 0.0962. The van der Waals surface area contributed by atoms with Gasteiger partial charge in [-0.15, -0.1) is 10.1 Å². The van der Waals surface area contributed by atoms with Gasteiger partial charge in [0.2, 0.25) is 11.8 Å². The van der Waals surface area contributed by atoms with Crippen LogP contribution in [0, 0.1) is 10.1 Å². The maximum atomic E-state index is 12.1. The number of nitrogens with zero attached hydrogens (tertiary/aromatic N) is 2. The number of rotatable bonds is 17. The molecule has 196 valence electrons. The minimum absolute atomic E-state index is 0.0354. The molecule has 1 unspecified atom stereocenters. The number of anilines is 1. The van der Waals surface area contributed by atoms with E-state index in [0.717, 1.165) is 0 Å². The van der Waals surface area contributed by atoms with Gasteiger partial charge in [-0.25, -0.2) is 0 Å². The molecule has 0 fully saturated rings. The number of aliphatic hydroxyl groups is 1. The fraction of sp³-hybridized carbons (Fsp3) is 0.609. The first-order valence-corrected chi connectivity index (χ1v) is 11.5. The first-order valence-electron chi connectivity index (χ1n) is 11.5. The monoisotopic (exact) mass is 497 g/mol. The van der Waals surface area contributed by atoms with Crippen molar-refractivity contribution in [3.63, 3.8) is 0 Å². The summed E-state index contributed by atoms with van der Waals surface area (Å²) < 4.78 is 6.10. The van der Waals surface area contributed by atoms with E-state index in [-0.39, 0.29) is 43.7 Å². The van der Waals surface area contributed by atoms with Crippen LogP contribution in [0.2, 0.25) is 0 Å². The molecule has 0 aliphatic heterocycles. The van der Waals surface area contributed by atoms with Crippen molar-refractivity contribution in [1.29, 1.82) is 0 Å². The van der Waals surface area contributed by atoms with Crippen LogP contribution in [0.5, 0.6) is 5.75 Å². The standard InChI is InChI=1S/C23H36N4O8/c1-5-7-23(31)25-18-9-10-21(20(14-18)17(2)28)34-16-19(29)15-27(3,4)12-11-24-22(30)8-6-13-35-26(32)33/h9-10,14,19,29H,5-8,11-13,15-16H2,1-4H3,(H-,24,25,30,31)/p+1. The molecule has 0 heterocycles. The van der Waals surface area contributed by atoms with Gasteiger partial charge in [-0.1, -0.05) is 6.92 Å². The molecule has 0 aromatic heterocycles. The number of amides is 2. The summed E-state index contributed by atoms with van der Waals surface area (Å²) in [6.07, 6.45) is 0.639. The average molecular weight is 498 g/mol. The van der Waals surface area contributed by atoms with Crippen LogP contribution in [0.4, 0.5) is 5.69 Å². The molecular weight excluding hydrogens is 460 g/mol. The molecule has 35 heavy (non-hydrogen) atoms. The summed E-state index contributed by atoms with van der Waals surface area (Å²) in [5, 5.41) is 25.1. The highest BCUT2D eigenvalue weighted by molar-refractivity contribution is 5.99. The number of ether oxygens (including phenoxy) is 1. The van der Waals surface area contributed by atoms with E-state index in [1.807, 2.05) is 21.0 Å². The van der Waals surface area contributed by atoms with Gasteiger partial charge in [0.05, 0.1) is 39.4 Å². The smallest absolute Gasteiger partial charge is 0.294 e. The molecular formula is C23H37N4O8+. The van der Waals surface area contributed by atoms with Crippen molar-refractivity contribution < 1.29 is 38.6 Å². The molecule has 1 atom stereocenters. The third kappa shape index (κ3) is 12.7. The third-order valence-electron chi connectivity index (χ3n) is 5.04. The van der Waals surface area contributed by atoms with Crippen LogP contribution in [0.1, 0.15) is 49.9 Å². The molecule has 1 aromatic rings. The van der Waals surface area contributed by atoms with Gasteiger partial charge in [0.1, 0.15) is 25.0 Å². The minimum Gasteiger partial charge on any atom is -0.490 e. The molecule has 12 heteroatoms. The number of carbonyl (C=O) groups is 3. The Labute approximate surface area is 205 Å². The van der Waals surface area contributed by atoms with E-state index in [1.165, 1.54) is 6.92 Å². The number of carbonyl (C=O) groups excluding carboxylic acids is 3. The van der Waals surface area contributed by atoms with E-state index in [2.05, 4.69) is 15.5 Å². The van der Waals surface area contributed by atoms with Gasteiger partial charge in [-0.3, -0.25) is 14.4 Å². The molecule has 0 saturated carbocycles. The lowest BCUT2D eigenvalue weighted by Crippen LogP contribution is -2.50. The van der Waals surface area contributed by atoms with Crippen molar-refractivity contribution >= 4 is 23.3 Å². The number of hydrogen-bond donors (Lipinski definition) is 3. The largest absolute Gasteiger partial charge is 0.490 e. The number of hydrogen-bond acceptors (Lipinski definition) is 8. The third-order valence-corrected chi connectivity index (χ3v) is 5.04. The summed E-state index contributed by atoms with van der Waals surface area (Å²) in [5.74, 6) is -0.264. The lowest BCUT2D eigenvalue weighted by Gasteiger charge is -2.32. The van der Waals surface area contributed by atoms with Crippen molar-refractivity contribution in [1.82, 2.24) is 5.32 Å². The summed E-state index contributed by atoms with van der Waals surface area (Å²) in [6.45, 7) is 4.39.